The van der Waals surface area contributed by atoms with Crippen molar-refractivity contribution in [1.82, 2.24) is 0 Å². The minimum atomic E-state index is -0.805. The molecule has 0 aromatic heterocycles. The number of halogens is 1. The molecule has 8 heteroatoms. The molecule has 130 valence electrons. The first-order valence-electron chi connectivity index (χ1n) is 7.12. The van der Waals surface area contributed by atoms with Gasteiger partial charge >= 0.3 is 5.97 Å². The molecule has 0 aliphatic rings. The summed E-state index contributed by atoms with van der Waals surface area (Å²) in [7, 11) is 1.30. The highest BCUT2D eigenvalue weighted by Gasteiger charge is 2.17. The molecule has 0 saturated heterocycles. The number of methoxy groups -OCH3 is 1. The van der Waals surface area contributed by atoms with Crippen LogP contribution in [0.1, 0.15) is 26.3 Å². The second-order valence-electron chi connectivity index (χ2n) is 5.11. The molecule has 0 spiro atoms. The predicted molar refractivity (Wildman–Crippen MR) is 85.4 cm³/mol. The maximum absolute atomic E-state index is 13.6. The van der Waals surface area contributed by atoms with E-state index in [0.717, 1.165) is 6.07 Å². The summed E-state index contributed by atoms with van der Waals surface area (Å²) in [4.78, 5) is 34.1. The highest BCUT2D eigenvalue weighted by atomic mass is 19.1. The average molecular weight is 347 g/mol. The summed E-state index contributed by atoms with van der Waals surface area (Å²) in [6.45, 7) is 0.904. The summed E-state index contributed by atoms with van der Waals surface area (Å²) in [6, 6.07) is 7.37. The third kappa shape index (κ3) is 4.17. The molecule has 2 rings (SSSR count). The van der Waals surface area contributed by atoms with Gasteiger partial charge in [0.25, 0.3) is 5.69 Å². The molecular formula is C17H14FNO6. The van der Waals surface area contributed by atoms with Crippen LogP contribution in [0.25, 0.3) is 0 Å². The molecular weight excluding hydrogens is 333 g/mol. The van der Waals surface area contributed by atoms with Gasteiger partial charge in [0.05, 0.1) is 17.6 Å². The Bertz CT molecular complexity index is 849. The molecule has 2 aromatic rings. The summed E-state index contributed by atoms with van der Waals surface area (Å²) < 4.78 is 23.2. The Labute approximate surface area is 142 Å². The normalized spacial score (nSPS) is 10.2. The zero-order chi connectivity index (χ0) is 18.6. The van der Waals surface area contributed by atoms with E-state index in [2.05, 4.69) is 0 Å². The first-order chi connectivity index (χ1) is 11.8. The smallest absolute Gasteiger partial charge is 0.338 e. The van der Waals surface area contributed by atoms with Gasteiger partial charge < -0.3 is 9.47 Å². The molecule has 0 amide bonds. The number of rotatable bonds is 6. The quantitative estimate of drug-likeness (QED) is 0.345. The number of Topliss-reactive ketones (excluding diaryl/α,β-unsaturated/α-hetero) is 1. The standard InChI is InChI=1S/C17H14FNO6/c1-10-7-12(3-5-14(10)19(22)23)17(21)25-9-15(20)11-4-6-16(24-2)13(18)8-11/h3-8H,9H2,1-2H3. The summed E-state index contributed by atoms with van der Waals surface area (Å²) >= 11 is 0. The number of nitrogens with zero attached hydrogens (tertiary/aromatic N) is 1. The number of aryl methyl sites for hydroxylation is 1. The number of ketones is 1. The molecule has 7 nitrogen and oxygen atoms in total. The van der Waals surface area contributed by atoms with Crippen LogP contribution in [0.4, 0.5) is 10.1 Å². The Hall–Kier alpha value is -3.29. The maximum Gasteiger partial charge on any atom is 0.338 e. The molecule has 0 heterocycles. The Morgan fingerprint density at radius 3 is 2.40 bits per heavy atom. The van der Waals surface area contributed by atoms with Crippen LogP contribution in [0.3, 0.4) is 0 Å². The van der Waals surface area contributed by atoms with Gasteiger partial charge in [0, 0.05) is 17.2 Å². The molecule has 25 heavy (non-hydrogen) atoms. The summed E-state index contributed by atoms with van der Waals surface area (Å²) in [5.41, 5.74) is 0.284. The number of benzene rings is 2. The van der Waals surface area contributed by atoms with Crippen molar-refractivity contribution >= 4 is 17.4 Å². The van der Waals surface area contributed by atoms with E-state index in [0.29, 0.717) is 5.56 Å². The summed E-state index contributed by atoms with van der Waals surface area (Å²) in [5.74, 6) is -2.10. The fraction of sp³-hybridized carbons (Fsp3) is 0.176. The molecule has 0 aliphatic carbocycles. The zero-order valence-corrected chi connectivity index (χ0v) is 13.4. The van der Waals surface area contributed by atoms with Crippen LogP contribution in [0.15, 0.2) is 36.4 Å². The predicted octanol–water partition coefficient (Wildman–Crippen LogP) is 3.09. The number of ether oxygens (including phenoxy) is 2. The van der Waals surface area contributed by atoms with E-state index in [4.69, 9.17) is 9.47 Å². The fourth-order valence-corrected chi connectivity index (χ4v) is 2.12. The van der Waals surface area contributed by atoms with E-state index in [9.17, 15) is 24.1 Å². The van der Waals surface area contributed by atoms with Crippen LogP contribution in [0.2, 0.25) is 0 Å². The SMILES string of the molecule is COc1ccc(C(=O)COC(=O)c2ccc([N+](=O)[O-])c(C)c2)cc1F. The van der Waals surface area contributed by atoms with Gasteiger partial charge in [-0.05, 0) is 37.3 Å². The van der Waals surface area contributed by atoms with Gasteiger partial charge in [-0.1, -0.05) is 0 Å². The van der Waals surface area contributed by atoms with E-state index in [-0.39, 0.29) is 22.6 Å². The van der Waals surface area contributed by atoms with Crippen molar-refractivity contribution in [3.63, 3.8) is 0 Å². The van der Waals surface area contributed by atoms with E-state index in [1.807, 2.05) is 0 Å². The van der Waals surface area contributed by atoms with Gasteiger partial charge in [0.1, 0.15) is 0 Å². The van der Waals surface area contributed by atoms with E-state index < -0.39 is 29.1 Å². The van der Waals surface area contributed by atoms with Crippen LogP contribution in [-0.4, -0.2) is 30.4 Å². The summed E-state index contributed by atoms with van der Waals surface area (Å²) in [6.07, 6.45) is 0. The number of esters is 1. The molecule has 0 aliphatic heterocycles. The van der Waals surface area contributed by atoms with Crippen molar-refractivity contribution in [1.29, 1.82) is 0 Å². The van der Waals surface area contributed by atoms with Crippen molar-refractivity contribution in [3.8, 4) is 5.75 Å². The van der Waals surface area contributed by atoms with Crippen LogP contribution in [0.5, 0.6) is 5.75 Å². The van der Waals surface area contributed by atoms with Crippen molar-refractivity contribution in [2.24, 2.45) is 0 Å². The minimum Gasteiger partial charge on any atom is -0.494 e. The molecule has 0 N–H and O–H groups in total. The largest absolute Gasteiger partial charge is 0.494 e. The van der Waals surface area contributed by atoms with E-state index >= 15 is 0 Å². The monoisotopic (exact) mass is 347 g/mol. The second kappa shape index (κ2) is 7.52. The number of hydrogen-bond donors (Lipinski definition) is 0. The van der Waals surface area contributed by atoms with Crippen molar-refractivity contribution in [2.45, 2.75) is 6.92 Å². The van der Waals surface area contributed by atoms with E-state index in [1.165, 1.54) is 44.4 Å². The Morgan fingerprint density at radius 1 is 1.16 bits per heavy atom. The first-order valence-corrected chi connectivity index (χ1v) is 7.12. The number of carbonyl (C=O) groups excluding carboxylic acids is 2. The van der Waals surface area contributed by atoms with Crippen LogP contribution in [-0.2, 0) is 4.74 Å². The molecule has 0 radical (unpaired) electrons. The Morgan fingerprint density at radius 2 is 1.84 bits per heavy atom. The van der Waals surface area contributed by atoms with Gasteiger partial charge in [-0.15, -0.1) is 0 Å². The lowest BCUT2D eigenvalue weighted by Gasteiger charge is -2.07. The van der Waals surface area contributed by atoms with Gasteiger partial charge in [0.15, 0.2) is 24.0 Å². The molecule has 2 aromatic carbocycles. The lowest BCUT2D eigenvalue weighted by molar-refractivity contribution is -0.385. The summed E-state index contributed by atoms with van der Waals surface area (Å²) in [5, 5.41) is 10.8. The second-order valence-corrected chi connectivity index (χ2v) is 5.11. The molecule has 0 saturated carbocycles. The average Bonchev–Trinajstić information content (AvgIpc) is 2.58. The molecule has 0 fully saturated rings. The van der Waals surface area contributed by atoms with E-state index in [1.54, 1.807) is 0 Å². The van der Waals surface area contributed by atoms with Crippen molar-refractivity contribution in [2.75, 3.05) is 13.7 Å². The highest BCUT2D eigenvalue weighted by molar-refractivity contribution is 5.99. The van der Waals surface area contributed by atoms with Crippen LogP contribution >= 0.6 is 0 Å². The molecule has 0 bridgehead atoms. The zero-order valence-electron chi connectivity index (χ0n) is 13.4. The van der Waals surface area contributed by atoms with Gasteiger partial charge in [0.2, 0.25) is 0 Å². The number of nitro groups is 1. The highest BCUT2D eigenvalue weighted by Crippen LogP contribution is 2.20. The minimum absolute atomic E-state index is 0.00472. The van der Waals surface area contributed by atoms with Crippen LogP contribution < -0.4 is 4.74 Å². The third-order valence-electron chi connectivity index (χ3n) is 3.44. The molecule has 0 unspecified atom stereocenters. The van der Waals surface area contributed by atoms with Crippen molar-refractivity contribution in [3.05, 3.63) is 69.0 Å². The number of carbonyl (C=O) groups is 2. The fourth-order valence-electron chi connectivity index (χ4n) is 2.12. The Kier molecular flexibility index (Phi) is 5.43. The Balaban J connectivity index is 2.04. The van der Waals surface area contributed by atoms with Gasteiger partial charge in [-0.2, -0.15) is 0 Å². The van der Waals surface area contributed by atoms with Gasteiger partial charge in [-0.3, -0.25) is 14.9 Å². The number of nitro benzene ring substituents is 1. The lowest BCUT2D eigenvalue weighted by Crippen LogP contribution is -2.14. The van der Waals surface area contributed by atoms with Crippen LogP contribution in [0, 0.1) is 22.9 Å². The number of hydrogen-bond acceptors (Lipinski definition) is 6. The van der Waals surface area contributed by atoms with Crippen molar-refractivity contribution < 1.29 is 28.4 Å². The first kappa shape index (κ1) is 18.1. The lowest BCUT2D eigenvalue weighted by atomic mass is 10.1. The maximum atomic E-state index is 13.6. The third-order valence-corrected chi connectivity index (χ3v) is 3.44. The van der Waals surface area contributed by atoms with Gasteiger partial charge in [-0.25, -0.2) is 9.18 Å². The molecule has 0 atom stereocenters. The topological polar surface area (TPSA) is 95.7 Å².